The highest BCUT2D eigenvalue weighted by Crippen LogP contribution is 2.54. The third kappa shape index (κ3) is 4.53. The fourth-order valence-electron chi connectivity index (χ4n) is 6.11. The lowest BCUT2D eigenvalue weighted by molar-refractivity contribution is -0.130. The van der Waals surface area contributed by atoms with E-state index in [1.807, 2.05) is 72.8 Å². The second-order valence-corrected chi connectivity index (χ2v) is 9.83. The van der Waals surface area contributed by atoms with Gasteiger partial charge in [0.15, 0.2) is 0 Å². The Morgan fingerprint density at radius 2 is 1.26 bits per heavy atom. The van der Waals surface area contributed by atoms with Crippen LogP contribution in [0.3, 0.4) is 0 Å². The molecule has 192 valence electrons. The number of aliphatic hydroxyl groups excluding tert-OH is 2. The summed E-state index contributed by atoms with van der Waals surface area (Å²) in [6, 6.07) is 23.0. The molecule has 38 heavy (non-hydrogen) atoms. The molecule has 2 N–H and O–H groups in total. The van der Waals surface area contributed by atoms with Crippen molar-refractivity contribution >= 4 is 0 Å². The van der Waals surface area contributed by atoms with Crippen LogP contribution in [0, 0.1) is 11.8 Å². The van der Waals surface area contributed by atoms with E-state index in [0.717, 1.165) is 29.0 Å². The first-order chi connectivity index (χ1) is 18.7. The summed E-state index contributed by atoms with van der Waals surface area (Å²) in [5.74, 6) is -0.591. The number of hydrogen-bond acceptors (Lipinski definition) is 8. The summed E-state index contributed by atoms with van der Waals surface area (Å²) in [5, 5.41) is 22.5. The molecule has 0 aliphatic carbocycles. The largest absolute Gasteiger partial charge is 0.514 e. The number of pyridine rings is 4. The average Bonchev–Trinajstić information content (AvgIpc) is 2.97. The average molecular weight is 507 g/mol. The molecule has 0 spiro atoms. The molecule has 0 aromatic carbocycles. The van der Waals surface area contributed by atoms with Gasteiger partial charge >= 0.3 is 0 Å². The van der Waals surface area contributed by atoms with Crippen molar-refractivity contribution in [3.8, 4) is 0 Å². The van der Waals surface area contributed by atoms with Crippen molar-refractivity contribution in [2.24, 2.45) is 11.8 Å². The van der Waals surface area contributed by atoms with Crippen molar-refractivity contribution in [3.05, 3.63) is 132 Å². The molecule has 0 amide bonds. The van der Waals surface area contributed by atoms with Crippen molar-refractivity contribution in [3.63, 3.8) is 0 Å². The maximum absolute atomic E-state index is 11.9. The lowest BCUT2D eigenvalue weighted by Crippen LogP contribution is -2.61. The van der Waals surface area contributed by atoms with E-state index < -0.39 is 12.0 Å². The van der Waals surface area contributed by atoms with Crippen LogP contribution < -0.4 is 0 Å². The maximum atomic E-state index is 11.9. The van der Waals surface area contributed by atoms with Gasteiger partial charge in [0, 0.05) is 49.7 Å². The Morgan fingerprint density at radius 3 is 1.79 bits per heavy atom. The minimum atomic E-state index is -0.715. The fourth-order valence-corrected chi connectivity index (χ4v) is 6.11. The molecule has 8 heteroatoms. The number of nitrogens with zero attached hydrogens (tertiary/aromatic N) is 6. The van der Waals surface area contributed by atoms with Crippen LogP contribution >= 0.6 is 0 Å². The van der Waals surface area contributed by atoms with E-state index in [9.17, 15) is 10.2 Å². The van der Waals surface area contributed by atoms with Gasteiger partial charge in [0.1, 0.15) is 0 Å². The van der Waals surface area contributed by atoms with Gasteiger partial charge in [-0.25, -0.2) is 0 Å². The number of fused-ring (bicyclic) bond motifs is 2. The van der Waals surface area contributed by atoms with Gasteiger partial charge in [-0.15, -0.1) is 0 Å². The van der Waals surface area contributed by atoms with E-state index in [0.29, 0.717) is 25.3 Å². The Labute approximate surface area is 222 Å². The highest BCUT2D eigenvalue weighted by atomic mass is 16.3. The lowest BCUT2D eigenvalue weighted by Gasteiger charge is -2.57. The molecule has 2 aliphatic rings. The van der Waals surface area contributed by atoms with Crippen LogP contribution in [-0.4, -0.2) is 52.6 Å². The van der Waals surface area contributed by atoms with Crippen LogP contribution in [0.5, 0.6) is 0 Å². The third-order valence-corrected chi connectivity index (χ3v) is 7.67. The van der Waals surface area contributed by atoms with Crippen molar-refractivity contribution in [2.75, 3.05) is 6.54 Å². The summed E-state index contributed by atoms with van der Waals surface area (Å²) in [7, 11) is 0. The van der Waals surface area contributed by atoms with Gasteiger partial charge in [-0.2, -0.15) is 0 Å². The summed E-state index contributed by atoms with van der Waals surface area (Å²) in [6.07, 6.45) is 7.60. The Bertz CT molecular complexity index is 1360. The van der Waals surface area contributed by atoms with E-state index in [2.05, 4.69) is 19.8 Å². The van der Waals surface area contributed by atoms with E-state index in [4.69, 9.17) is 9.97 Å². The normalized spacial score (nSPS) is 26.4. The first-order valence-electron chi connectivity index (χ1n) is 12.9. The molecule has 0 saturated carbocycles. The zero-order valence-corrected chi connectivity index (χ0v) is 20.9. The smallest absolute Gasteiger partial charge is 0.0987 e. The molecule has 8 nitrogen and oxygen atoms in total. The maximum Gasteiger partial charge on any atom is 0.0987 e. The van der Waals surface area contributed by atoms with Gasteiger partial charge < -0.3 is 15.1 Å². The van der Waals surface area contributed by atoms with E-state index in [-0.39, 0.29) is 18.0 Å². The van der Waals surface area contributed by atoms with Crippen LogP contribution in [0.2, 0.25) is 0 Å². The predicted octanol–water partition coefficient (Wildman–Crippen LogP) is 4.07. The number of aromatic nitrogens is 4. The van der Waals surface area contributed by atoms with Gasteiger partial charge in [-0.1, -0.05) is 24.3 Å². The van der Waals surface area contributed by atoms with Crippen LogP contribution in [0.15, 0.2) is 110 Å². The first-order valence-corrected chi connectivity index (χ1v) is 12.9. The third-order valence-electron chi connectivity index (χ3n) is 7.67. The number of hydrogen-bond donors (Lipinski definition) is 2. The van der Waals surface area contributed by atoms with Crippen molar-refractivity contribution < 1.29 is 10.2 Å². The SMILES string of the molecule is OC=C1C2C(O)C(CN1Cc1ccccn1)C(c1ccccn1)N(Cc1ccccn1)C2c1ccccn1. The van der Waals surface area contributed by atoms with Crippen molar-refractivity contribution in [1.82, 2.24) is 29.7 Å². The van der Waals surface area contributed by atoms with E-state index in [1.165, 1.54) is 0 Å². The van der Waals surface area contributed by atoms with Crippen molar-refractivity contribution in [1.29, 1.82) is 0 Å². The topological polar surface area (TPSA) is 98.5 Å². The second-order valence-electron chi connectivity index (χ2n) is 9.83. The number of likely N-dealkylation sites (tertiary alicyclic amines) is 2. The van der Waals surface area contributed by atoms with Crippen LogP contribution in [0.1, 0.15) is 34.9 Å². The minimum absolute atomic E-state index is 0.175. The standard InChI is InChI=1S/C30H30N6O2/c37-20-26-27-29(25-12-4-8-16-34-25)36(18-22-10-2-6-14-32-22)28(24-11-3-7-15-33-24)23(30(27)38)19-35(26)17-21-9-1-5-13-31-21/h1-16,20,23,27-30,37-38H,17-19H2. The molecule has 2 bridgehead atoms. The molecule has 5 atom stereocenters. The fraction of sp³-hybridized carbons (Fsp3) is 0.267. The van der Waals surface area contributed by atoms with Crippen LogP contribution in [0.25, 0.3) is 0 Å². The molecule has 5 unspecified atom stereocenters. The number of rotatable bonds is 6. The van der Waals surface area contributed by atoms with Crippen LogP contribution in [0.4, 0.5) is 0 Å². The molecular weight excluding hydrogens is 476 g/mol. The summed E-state index contributed by atoms with van der Waals surface area (Å²) in [5.41, 5.74) is 4.21. The molecule has 4 aromatic rings. The Balaban J connectivity index is 1.50. The molecule has 2 aliphatic heterocycles. The highest BCUT2D eigenvalue weighted by molar-refractivity contribution is 5.28. The molecule has 2 saturated heterocycles. The Morgan fingerprint density at radius 1 is 0.711 bits per heavy atom. The quantitative estimate of drug-likeness (QED) is 0.378. The monoisotopic (exact) mass is 506 g/mol. The van der Waals surface area contributed by atoms with Crippen LogP contribution in [-0.2, 0) is 13.1 Å². The van der Waals surface area contributed by atoms with E-state index >= 15 is 0 Å². The lowest BCUT2D eigenvalue weighted by atomic mass is 9.69. The second kappa shape index (κ2) is 10.7. The summed E-state index contributed by atoms with van der Waals surface area (Å²) >= 11 is 0. The van der Waals surface area contributed by atoms with Gasteiger partial charge in [-0.3, -0.25) is 24.8 Å². The summed E-state index contributed by atoms with van der Waals surface area (Å²) in [6.45, 7) is 1.61. The first kappa shape index (κ1) is 24.2. The summed E-state index contributed by atoms with van der Waals surface area (Å²) < 4.78 is 0. The van der Waals surface area contributed by atoms with Gasteiger partial charge in [0.25, 0.3) is 0 Å². The Kier molecular flexibility index (Phi) is 6.81. The predicted molar refractivity (Wildman–Crippen MR) is 142 cm³/mol. The van der Waals surface area contributed by atoms with Gasteiger partial charge in [-0.05, 0) is 48.5 Å². The molecule has 6 heterocycles. The van der Waals surface area contributed by atoms with E-state index in [1.54, 1.807) is 24.8 Å². The molecular formula is C30H30N6O2. The zero-order chi connectivity index (χ0) is 25.9. The number of piperidine rings is 2. The van der Waals surface area contributed by atoms with Gasteiger partial charge in [0.2, 0.25) is 0 Å². The summed E-state index contributed by atoms with van der Waals surface area (Å²) in [4.78, 5) is 23.2. The molecule has 6 rings (SSSR count). The number of aliphatic hydroxyl groups is 2. The molecule has 2 fully saturated rings. The Hall–Kier alpha value is -4.14. The van der Waals surface area contributed by atoms with Gasteiger partial charge in [0.05, 0.1) is 59.5 Å². The zero-order valence-electron chi connectivity index (χ0n) is 20.9. The highest BCUT2D eigenvalue weighted by Gasteiger charge is 2.56. The molecule has 4 aromatic heterocycles. The minimum Gasteiger partial charge on any atom is -0.514 e. The molecule has 0 radical (unpaired) electrons. The van der Waals surface area contributed by atoms with Crippen molar-refractivity contribution in [2.45, 2.75) is 31.3 Å².